The molecule has 16 heavy (non-hydrogen) atoms. The summed E-state index contributed by atoms with van der Waals surface area (Å²) < 4.78 is -1.45. The minimum Gasteiger partial charge on any atom is -0.120 e. The number of fused-ring (bicyclic) bond motifs is 2. The van der Waals surface area contributed by atoms with E-state index in [0.717, 1.165) is 0 Å². The van der Waals surface area contributed by atoms with E-state index in [0.29, 0.717) is 12.8 Å². The Hall–Kier alpha value is 1.04. The van der Waals surface area contributed by atoms with Crippen molar-refractivity contribution >= 4 is 69.6 Å². The van der Waals surface area contributed by atoms with Crippen LogP contribution < -0.4 is 0 Å². The molecule has 3 atom stereocenters. The Labute approximate surface area is 124 Å². The molecule has 0 radical (unpaired) electrons. The number of alkyl halides is 4. The number of halogens is 6. The van der Waals surface area contributed by atoms with Gasteiger partial charge in [0.05, 0.1) is 10.1 Å². The summed E-state index contributed by atoms with van der Waals surface area (Å²) in [5.74, 6) is 2.35. The Morgan fingerprint density at radius 1 is 1.19 bits per heavy atom. The lowest BCUT2D eigenvalue weighted by molar-refractivity contribution is 0.476. The lowest BCUT2D eigenvalue weighted by Crippen LogP contribution is -2.44. The predicted molar refractivity (Wildman–Crippen MR) is 71.9 cm³/mol. The minimum atomic E-state index is -1.45. The second-order valence-electron chi connectivity index (χ2n) is 4.02. The van der Waals surface area contributed by atoms with Crippen molar-refractivity contribution in [3.05, 3.63) is 10.1 Å². The molecular weight excluding hydrogens is 333 g/mol. The Bertz CT molecular complexity index is 420. The molecule has 6 heteroatoms. The Kier molecular flexibility index (Phi) is 3.17. The van der Waals surface area contributed by atoms with Gasteiger partial charge in [-0.3, -0.25) is 0 Å². The maximum absolute atomic E-state index is 6.45. The van der Waals surface area contributed by atoms with E-state index >= 15 is 0 Å². The Balaban J connectivity index is 2.61. The summed E-state index contributed by atoms with van der Waals surface area (Å²) in [5, 5.41) is 0.437. The normalized spacial score (nSPS) is 44.9. The quantitative estimate of drug-likeness (QED) is 0.473. The van der Waals surface area contributed by atoms with Crippen LogP contribution in [-0.4, -0.2) is 14.1 Å². The zero-order valence-electron chi connectivity index (χ0n) is 7.84. The molecule has 0 amide bonds. The summed E-state index contributed by atoms with van der Waals surface area (Å²) >= 11 is 37.5. The van der Waals surface area contributed by atoms with Gasteiger partial charge in [-0.25, -0.2) is 0 Å². The number of hydrogen-bond donors (Lipinski definition) is 0. The van der Waals surface area contributed by atoms with Gasteiger partial charge in [0.2, 0.25) is 0 Å². The van der Waals surface area contributed by atoms with Gasteiger partial charge >= 0.3 is 0 Å². The Morgan fingerprint density at radius 2 is 1.75 bits per heavy atom. The first-order chi connectivity index (χ1) is 7.23. The molecule has 88 valence electrons. The molecule has 0 nitrogen and oxygen atoms in total. The average molecular weight is 339 g/mol. The van der Waals surface area contributed by atoms with Crippen LogP contribution in [0.15, 0.2) is 10.1 Å². The zero-order chi connectivity index (χ0) is 12.4. The molecule has 0 heterocycles. The van der Waals surface area contributed by atoms with Gasteiger partial charge in [-0.2, -0.15) is 0 Å². The molecule has 2 aliphatic rings. The van der Waals surface area contributed by atoms with Crippen molar-refractivity contribution in [3.63, 3.8) is 0 Å². The highest BCUT2D eigenvalue weighted by Crippen LogP contribution is 2.74. The van der Waals surface area contributed by atoms with Gasteiger partial charge in [0.25, 0.3) is 0 Å². The molecular formula is C10H6Cl6. The van der Waals surface area contributed by atoms with Crippen molar-refractivity contribution in [3.8, 4) is 12.3 Å². The summed E-state index contributed by atoms with van der Waals surface area (Å²) in [6.07, 6.45) is 6.10. The van der Waals surface area contributed by atoms with E-state index in [9.17, 15) is 0 Å². The largest absolute Gasteiger partial charge is 0.166 e. The molecule has 0 aliphatic heterocycles. The van der Waals surface area contributed by atoms with Crippen molar-refractivity contribution in [2.75, 3.05) is 0 Å². The van der Waals surface area contributed by atoms with Crippen LogP contribution in [0.2, 0.25) is 0 Å². The number of terminal acetylenes is 1. The monoisotopic (exact) mass is 336 g/mol. The van der Waals surface area contributed by atoms with E-state index in [-0.39, 0.29) is 16.0 Å². The third-order valence-electron chi connectivity index (χ3n) is 3.27. The van der Waals surface area contributed by atoms with Gasteiger partial charge in [0.1, 0.15) is 9.75 Å². The zero-order valence-corrected chi connectivity index (χ0v) is 12.4. The molecule has 2 aliphatic carbocycles. The summed E-state index contributed by atoms with van der Waals surface area (Å²) in [6, 6.07) is 0. The smallest absolute Gasteiger partial charge is 0.120 e. The second kappa shape index (κ2) is 3.77. The van der Waals surface area contributed by atoms with Crippen molar-refractivity contribution < 1.29 is 0 Å². The van der Waals surface area contributed by atoms with Crippen molar-refractivity contribution in [2.24, 2.45) is 5.92 Å². The highest BCUT2D eigenvalue weighted by molar-refractivity contribution is 6.65. The first-order valence-electron chi connectivity index (χ1n) is 4.48. The third-order valence-corrected chi connectivity index (χ3v) is 7.59. The SMILES string of the molecule is C#CCC1CC2(Cl)C(Cl)=C(Cl)C1(Cl)C2(Cl)Cl. The van der Waals surface area contributed by atoms with E-state index in [2.05, 4.69) is 5.92 Å². The minimum absolute atomic E-state index is 0.179. The van der Waals surface area contributed by atoms with Gasteiger partial charge in [0, 0.05) is 6.42 Å². The van der Waals surface area contributed by atoms with E-state index in [1.807, 2.05) is 0 Å². The second-order valence-corrected chi connectivity index (χ2v) is 7.35. The maximum atomic E-state index is 6.45. The molecule has 0 spiro atoms. The van der Waals surface area contributed by atoms with E-state index in [1.165, 1.54) is 0 Å². The van der Waals surface area contributed by atoms with E-state index in [4.69, 9.17) is 76.0 Å². The van der Waals surface area contributed by atoms with E-state index in [1.54, 1.807) is 0 Å². The van der Waals surface area contributed by atoms with E-state index < -0.39 is 14.1 Å². The molecule has 0 aromatic heterocycles. The topological polar surface area (TPSA) is 0 Å². The van der Waals surface area contributed by atoms with Crippen molar-refractivity contribution in [2.45, 2.75) is 26.9 Å². The highest BCUT2D eigenvalue weighted by Gasteiger charge is 2.77. The highest BCUT2D eigenvalue weighted by atomic mass is 35.5. The van der Waals surface area contributed by atoms with Crippen LogP contribution >= 0.6 is 69.6 Å². The molecule has 0 aromatic carbocycles. The van der Waals surface area contributed by atoms with Crippen LogP contribution in [0.3, 0.4) is 0 Å². The van der Waals surface area contributed by atoms with Gasteiger partial charge in [0.15, 0.2) is 4.33 Å². The van der Waals surface area contributed by atoms with Gasteiger partial charge in [-0.15, -0.1) is 35.5 Å². The lowest BCUT2D eigenvalue weighted by Gasteiger charge is -2.33. The molecule has 1 saturated carbocycles. The fourth-order valence-corrected chi connectivity index (χ4v) is 5.23. The molecule has 2 bridgehead atoms. The third kappa shape index (κ3) is 1.23. The van der Waals surface area contributed by atoms with Crippen LogP contribution in [0, 0.1) is 18.3 Å². The van der Waals surface area contributed by atoms with Gasteiger partial charge in [-0.05, 0) is 12.3 Å². The van der Waals surface area contributed by atoms with Crippen LogP contribution in [0.25, 0.3) is 0 Å². The summed E-state index contributed by atoms with van der Waals surface area (Å²) in [6.45, 7) is 0. The average Bonchev–Trinajstić information content (AvgIpc) is 2.41. The number of allylic oxidation sites excluding steroid dienone is 2. The fraction of sp³-hybridized carbons (Fsp3) is 0.600. The van der Waals surface area contributed by atoms with Crippen LogP contribution in [0.5, 0.6) is 0 Å². The van der Waals surface area contributed by atoms with Gasteiger partial charge < -0.3 is 0 Å². The molecule has 1 fully saturated rings. The van der Waals surface area contributed by atoms with Crippen LogP contribution in [0.4, 0.5) is 0 Å². The molecule has 3 unspecified atom stereocenters. The molecule has 0 aromatic rings. The summed E-state index contributed by atoms with van der Waals surface area (Å²) in [4.78, 5) is -2.33. The van der Waals surface area contributed by atoms with Crippen molar-refractivity contribution in [1.82, 2.24) is 0 Å². The number of rotatable bonds is 1. The standard InChI is InChI=1S/C10H6Cl6/c1-2-3-5-4-8(13)6(11)7(12)9(5,14)10(8,15)16/h1,5H,3-4H2. The molecule has 0 N–H and O–H groups in total. The lowest BCUT2D eigenvalue weighted by atomic mass is 9.89. The van der Waals surface area contributed by atoms with Crippen LogP contribution in [0.1, 0.15) is 12.8 Å². The molecule has 2 rings (SSSR count). The summed E-state index contributed by atoms with van der Waals surface area (Å²) in [5.41, 5.74) is 0. The summed E-state index contributed by atoms with van der Waals surface area (Å²) in [7, 11) is 0. The first kappa shape index (κ1) is 13.5. The van der Waals surface area contributed by atoms with Crippen molar-refractivity contribution in [1.29, 1.82) is 0 Å². The number of hydrogen-bond acceptors (Lipinski definition) is 0. The first-order valence-corrected chi connectivity index (χ1v) is 6.75. The predicted octanol–water partition coefficient (Wildman–Crippen LogP) is 4.86. The Morgan fingerprint density at radius 3 is 2.12 bits per heavy atom. The molecule has 0 saturated heterocycles. The van der Waals surface area contributed by atoms with Crippen LogP contribution in [-0.2, 0) is 0 Å². The van der Waals surface area contributed by atoms with Gasteiger partial charge in [-0.1, -0.05) is 46.4 Å². The fourth-order valence-electron chi connectivity index (χ4n) is 2.39. The maximum Gasteiger partial charge on any atom is 0.166 e.